The number of carbonyl (C=O) groups is 3. The van der Waals surface area contributed by atoms with Crippen molar-refractivity contribution in [1.82, 2.24) is 5.32 Å². The molecule has 0 aliphatic heterocycles. The molecule has 1 aromatic heterocycles. The van der Waals surface area contributed by atoms with Crippen molar-refractivity contribution in [2.45, 2.75) is 25.4 Å². The van der Waals surface area contributed by atoms with Gasteiger partial charge in [0, 0.05) is 35.7 Å². The fourth-order valence-electron chi connectivity index (χ4n) is 5.96. The molecule has 0 saturated heterocycles. The largest absolute Gasteiger partial charge is 0.502 e. The second-order valence-electron chi connectivity index (χ2n) is 13.3. The number of aliphatic hydroxyl groups is 1. The summed E-state index contributed by atoms with van der Waals surface area (Å²) in [6.07, 6.45) is 3.55. The number of aliphatic carboxylic acids is 1. The maximum absolute atomic E-state index is 13.7. The van der Waals surface area contributed by atoms with Gasteiger partial charge < -0.3 is 43.6 Å². The predicted octanol–water partition coefficient (Wildman–Crippen LogP) is 5.23. The van der Waals surface area contributed by atoms with Gasteiger partial charge in [0.05, 0.1) is 90.1 Å². The Morgan fingerprint density at radius 2 is 1.41 bits per heavy atom. The second kappa shape index (κ2) is 21.0. The van der Waals surface area contributed by atoms with Crippen molar-refractivity contribution < 1.29 is 65.5 Å². The van der Waals surface area contributed by atoms with Gasteiger partial charge in [-0.25, -0.2) is 17.6 Å². The fraction of sp³-hybridized carbons (Fsp3) is 0.390. The Hall–Kier alpha value is -5.17. The van der Waals surface area contributed by atoms with Crippen LogP contribution < -0.4 is 9.62 Å². The van der Waals surface area contributed by atoms with Gasteiger partial charge in [-0.2, -0.15) is 0 Å². The van der Waals surface area contributed by atoms with E-state index in [9.17, 15) is 32.3 Å². The maximum Gasteiger partial charge on any atom is 0.371 e. The minimum Gasteiger partial charge on any atom is -0.502 e. The Balaban J connectivity index is 0.986. The van der Waals surface area contributed by atoms with Crippen LogP contribution in [0.5, 0.6) is 0 Å². The number of ether oxygens (including phenoxy) is 5. The molecule has 0 unspecified atom stereocenters. The van der Waals surface area contributed by atoms with Crippen LogP contribution in [-0.4, -0.2) is 116 Å². The van der Waals surface area contributed by atoms with Crippen molar-refractivity contribution in [3.63, 3.8) is 0 Å². The zero-order valence-corrected chi connectivity index (χ0v) is 33.1. The lowest BCUT2D eigenvalue weighted by molar-refractivity contribution is -0.135. The van der Waals surface area contributed by atoms with Gasteiger partial charge in [0.15, 0.2) is 5.78 Å². The molecule has 15 nitrogen and oxygen atoms in total. The number of sulfonamides is 1. The summed E-state index contributed by atoms with van der Waals surface area (Å²) in [5, 5.41) is 21.1. The van der Waals surface area contributed by atoms with Crippen LogP contribution >= 0.6 is 0 Å². The van der Waals surface area contributed by atoms with E-state index >= 15 is 0 Å². The number of ketones is 1. The Bertz CT molecular complexity index is 2170. The number of anilines is 1. The highest BCUT2D eigenvalue weighted by Gasteiger charge is 2.33. The van der Waals surface area contributed by atoms with Crippen molar-refractivity contribution >= 4 is 44.3 Å². The quantitative estimate of drug-likeness (QED) is 0.0340. The van der Waals surface area contributed by atoms with E-state index in [2.05, 4.69) is 5.32 Å². The monoisotopic (exact) mass is 826 g/mol. The van der Waals surface area contributed by atoms with Gasteiger partial charge in [-0.1, -0.05) is 24.3 Å². The van der Waals surface area contributed by atoms with Gasteiger partial charge in [0.25, 0.3) is 5.91 Å². The second-order valence-corrected chi connectivity index (χ2v) is 15.2. The minimum atomic E-state index is -3.74. The topological polar surface area (TPSA) is 200 Å². The first-order valence-electron chi connectivity index (χ1n) is 18.6. The first-order valence-corrected chi connectivity index (χ1v) is 20.4. The van der Waals surface area contributed by atoms with E-state index in [1.807, 2.05) is 6.07 Å². The number of carboxylic acid groups (broad SMARTS) is 1. The zero-order chi connectivity index (χ0) is 41.7. The summed E-state index contributed by atoms with van der Waals surface area (Å²) in [4.78, 5) is 35.7. The van der Waals surface area contributed by atoms with Crippen LogP contribution in [0.4, 0.5) is 10.1 Å². The van der Waals surface area contributed by atoms with Crippen LogP contribution in [0.25, 0.3) is 22.3 Å². The van der Waals surface area contributed by atoms with Crippen LogP contribution in [0.15, 0.2) is 76.9 Å². The normalized spacial score (nSPS) is 13.2. The Morgan fingerprint density at radius 3 is 1.95 bits per heavy atom. The lowest BCUT2D eigenvalue weighted by Gasteiger charge is -2.25. The molecule has 1 heterocycles. The van der Waals surface area contributed by atoms with Gasteiger partial charge in [-0.15, -0.1) is 0 Å². The number of amides is 1. The van der Waals surface area contributed by atoms with Crippen molar-refractivity contribution in [3.05, 3.63) is 101 Å². The summed E-state index contributed by atoms with van der Waals surface area (Å²) in [5.41, 5.74) is 3.43. The number of nitrogens with zero attached hydrogens (tertiary/aromatic N) is 1. The number of furan rings is 1. The van der Waals surface area contributed by atoms with E-state index in [-0.39, 0.29) is 56.1 Å². The van der Waals surface area contributed by atoms with E-state index in [1.54, 1.807) is 18.2 Å². The lowest BCUT2D eigenvalue weighted by Crippen LogP contribution is -2.34. The molecular weight excluding hydrogens is 780 g/mol. The molecule has 1 aliphatic rings. The van der Waals surface area contributed by atoms with E-state index < -0.39 is 33.4 Å². The average Bonchev–Trinajstić information content (AvgIpc) is 3.98. The van der Waals surface area contributed by atoms with Crippen LogP contribution in [0.1, 0.15) is 50.6 Å². The molecule has 17 heteroatoms. The molecule has 3 aromatic carbocycles. The van der Waals surface area contributed by atoms with Gasteiger partial charge in [-0.3, -0.25) is 13.9 Å². The van der Waals surface area contributed by atoms with Gasteiger partial charge in [-0.05, 0) is 60.2 Å². The molecule has 0 bridgehead atoms. The summed E-state index contributed by atoms with van der Waals surface area (Å²) in [7, 11) is -2.23. The molecule has 0 atom stereocenters. The number of carbonyl (C=O) groups excluding carboxylic acids is 2. The van der Waals surface area contributed by atoms with Crippen LogP contribution in [0.3, 0.4) is 0 Å². The molecule has 1 aliphatic carbocycles. The third kappa shape index (κ3) is 12.4. The average molecular weight is 827 g/mol. The summed E-state index contributed by atoms with van der Waals surface area (Å²) < 4.78 is 75.2. The molecule has 58 heavy (non-hydrogen) atoms. The molecule has 1 amide bonds. The minimum absolute atomic E-state index is 0.0453. The molecule has 5 rings (SSSR count). The summed E-state index contributed by atoms with van der Waals surface area (Å²) in [5.74, 6) is -3.65. The number of hydrogen-bond donors (Lipinski definition) is 3. The SMILES string of the molecule is CNC(=O)c1c(-c2ccc(F)cc2)oc2cc(N(CCOCCOCCOCCOCCOCc3ccc(C(=O)C=C(O)C(=O)O)cc3)S(C)(=O)=O)c(C3CC3)cc12. The highest BCUT2D eigenvalue weighted by Crippen LogP contribution is 2.48. The summed E-state index contributed by atoms with van der Waals surface area (Å²) >= 11 is 0. The van der Waals surface area contributed by atoms with Crippen molar-refractivity contribution in [2.75, 3.05) is 83.6 Å². The Morgan fingerprint density at radius 1 is 0.845 bits per heavy atom. The molecule has 1 fully saturated rings. The zero-order valence-electron chi connectivity index (χ0n) is 32.2. The number of hydrogen-bond acceptors (Lipinski definition) is 12. The van der Waals surface area contributed by atoms with Gasteiger partial charge in [0.1, 0.15) is 17.2 Å². The smallest absolute Gasteiger partial charge is 0.371 e. The number of halogens is 1. The number of nitrogens with one attached hydrogen (secondary N) is 1. The summed E-state index contributed by atoms with van der Waals surface area (Å²) in [6, 6.07) is 15.5. The van der Waals surface area contributed by atoms with Gasteiger partial charge in [0.2, 0.25) is 15.8 Å². The van der Waals surface area contributed by atoms with Crippen LogP contribution in [-0.2, 0) is 45.1 Å². The van der Waals surface area contributed by atoms with E-state index in [0.717, 1.165) is 30.2 Å². The number of benzene rings is 3. The molecular formula is C41H47FN2O13S. The van der Waals surface area contributed by atoms with E-state index in [0.29, 0.717) is 73.5 Å². The van der Waals surface area contributed by atoms with Crippen molar-refractivity contribution in [1.29, 1.82) is 0 Å². The Labute approximate surface area is 335 Å². The number of allylic oxidation sites excluding steroid dienone is 1. The standard InChI is InChI=1S/C41H47FN2O13S/c1-43-40(47)38-33-23-32(28-7-8-28)34(24-37(33)57-39(38)30-9-11-31(42)12-10-30)44(58(2,50)51)13-14-52-15-16-53-17-18-54-19-20-55-21-22-56-26-27-3-5-29(6-4-27)35(45)25-36(46)41(48)49/h3-6,9-12,23-25,28,46H,7-8,13-22,26H2,1-2H3,(H,43,47)(H,48,49). The number of rotatable bonds is 25. The van der Waals surface area contributed by atoms with Crippen molar-refractivity contribution in [2.24, 2.45) is 0 Å². The number of aliphatic hydroxyl groups excluding tert-OH is 1. The predicted molar refractivity (Wildman–Crippen MR) is 211 cm³/mol. The maximum atomic E-state index is 13.7. The highest BCUT2D eigenvalue weighted by atomic mass is 32.2. The number of carboxylic acids is 1. The number of fused-ring (bicyclic) bond motifs is 1. The first-order chi connectivity index (χ1) is 27.9. The van der Waals surface area contributed by atoms with Crippen LogP contribution in [0, 0.1) is 5.82 Å². The van der Waals surface area contributed by atoms with E-state index in [1.165, 1.54) is 47.8 Å². The third-order valence-corrected chi connectivity index (χ3v) is 10.2. The first kappa shape index (κ1) is 43.9. The van der Waals surface area contributed by atoms with E-state index in [4.69, 9.17) is 33.2 Å². The van der Waals surface area contributed by atoms with Gasteiger partial charge >= 0.3 is 5.97 Å². The molecule has 0 radical (unpaired) electrons. The molecule has 4 aromatic rings. The molecule has 312 valence electrons. The lowest BCUT2D eigenvalue weighted by atomic mass is 10.0. The fourth-order valence-corrected chi connectivity index (χ4v) is 6.88. The highest BCUT2D eigenvalue weighted by molar-refractivity contribution is 7.92. The summed E-state index contributed by atoms with van der Waals surface area (Å²) in [6.45, 7) is 3.02. The third-order valence-electron chi connectivity index (χ3n) is 9.00. The van der Waals surface area contributed by atoms with Crippen molar-refractivity contribution in [3.8, 4) is 11.3 Å². The molecule has 3 N–H and O–H groups in total. The Kier molecular flexibility index (Phi) is 15.9. The molecule has 0 spiro atoms. The molecule has 1 saturated carbocycles. The van der Waals surface area contributed by atoms with Crippen LogP contribution in [0.2, 0.25) is 0 Å².